The van der Waals surface area contributed by atoms with Gasteiger partial charge in [-0.2, -0.15) is 0 Å². The minimum absolute atomic E-state index is 0.195. The molecule has 0 bridgehead atoms. The Bertz CT molecular complexity index is 1090. The van der Waals surface area contributed by atoms with E-state index in [2.05, 4.69) is 38.6 Å². The van der Waals surface area contributed by atoms with E-state index in [-0.39, 0.29) is 6.10 Å². The topological polar surface area (TPSA) is 56.1 Å². The van der Waals surface area contributed by atoms with Gasteiger partial charge in [0.1, 0.15) is 0 Å². The molecular weight excluding hydrogens is 409 g/mol. The number of rotatable bonds is 3. The van der Waals surface area contributed by atoms with Gasteiger partial charge in [0, 0.05) is 0 Å². The van der Waals surface area contributed by atoms with Crippen molar-refractivity contribution in [3.8, 4) is 11.6 Å². The Morgan fingerprint density at radius 2 is 1.87 bits per heavy atom. The molecule has 0 N–H and O–H groups in total. The third-order valence-corrected chi connectivity index (χ3v) is 6.52. The molecule has 3 aromatic rings. The quantitative estimate of drug-likeness (QED) is 0.613. The Kier molecular flexibility index (Phi) is 5.57. The Labute approximate surface area is 188 Å². The second kappa shape index (κ2) is 8.36. The Balaban J connectivity index is 1.36. The van der Waals surface area contributed by atoms with Crippen molar-refractivity contribution in [1.82, 2.24) is 24.3 Å². The van der Waals surface area contributed by atoms with E-state index in [0.29, 0.717) is 11.8 Å². The number of ether oxygens (including phenoxy) is 1. The molecular formula is C23H27BClN5O. The first kappa shape index (κ1) is 20.6. The molecule has 1 saturated carbocycles. The van der Waals surface area contributed by atoms with E-state index in [1.54, 1.807) is 0 Å². The summed E-state index contributed by atoms with van der Waals surface area (Å²) in [7, 11) is 4.19. The van der Waals surface area contributed by atoms with Crippen molar-refractivity contribution in [2.45, 2.75) is 64.6 Å². The molecule has 2 aliphatic rings. The summed E-state index contributed by atoms with van der Waals surface area (Å²) in [6, 6.07) is 8.13. The van der Waals surface area contributed by atoms with Crippen molar-refractivity contribution in [2.24, 2.45) is 0 Å². The van der Waals surface area contributed by atoms with Crippen LogP contribution in [0, 0.1) is 13.8 Å². The van der Waals surface area contributed by atoms with Gasteiger partial charge in [0.25, 0.3) is 0 Å². The van der Waals surface area contributed by atoms with E-state index in [1.165, 1.54) is 22.7 Å². The van der Waals surface area contributed by atoms with Crippen molar-refractivity contribution in [3.05, 3.63) is 57.8 Å². The van der Waals surface area contributed by atoms with Gasteiger partial charge in [0.15, 0.2) is 0 Å². The molecule has 0 radical (unpaired) electrons. The summed E-state index contributed by atoms with van der Waals surface area (Å²) >= 11 is 6.30. The monoisotopic (exact) mass is 435 g/mol. The van der Waals surface area contributed by atoms with Crippen LogP contribution in [0.15, 0.2) is 24.3 Å². The zero-order valence-corrected chi connectivity index (χ0v) is 19.1. The number of aromatic nitrogens is 4. The fourth-order valence-electron chi connectivity index (χ4n) is 4.96. The summed E-state index contributed by atoms with van der Waals surface area (Å²) in [4.78, 5) is 16.0. The SMILES string of the molecule is Cc1cc(OC2CCC(c3nbc4n3-c3ccc(Cl)cc3CN(C)C4)CC2)nc(C)n1. The van der Waals surface area contributed by atoms with Crippen LogP contribution in [0.25, 0.3) is 5.69 Å². The first-order chi connectivity index (χ1) is 15.0. The van der Waals surface area contributed by atoms with Crippen molar-refractivity contribution < 1.29 is 4.74 Å². The van der Waals surface area contributed by atoms with E-state index >= 15 is 0 Å². The van der Waals surface area contributed by atoms with Gasteiger partial charge < -0.3 is 0 Å². The summed E-state index contributed by atoms with van der Waals surface area (Å²) in [5, 5.41) is 0.783. The van der Waals surface area contributed by atoms with Gasteiger partial charge in [-0.05, 0) is 0 Å². The first-order valence-corrected chi connectivity index (χ1v) is 11.4. The van der Waals surface area contributed by atoms with E-state index in [1.807, 2.05) is 33.0 Å². The zero-order valence-electron chi connectivity index (χ0n) is 18.3. The van der Waals surface area contributed by atoms with Crippen LogP contribution in [0.3, 0.4) is 0 Å². The Hall–Kier alpha value is -2.25. The van der Waals surface area contributed by atoms with Crippen LogP contribution in [-0.2, 0) is 13.1 Å². The minimum atomic E-state index is 0.195. The second-order valence-corrected chi connectivity index (χ2v) is 9.31. The predicted molar refractivity (Wildman–Crippen MR) is 122 cm³/mol. The van der Waals surface area contributed by atoms with Crippen LogP contribution in [0.1, 0.15) is 60.1 Å². The van der Waals surface area contributed by atoms with Crippen LogP contribution in [-0.4, -0.2) is 44.5 Å². The normalized spacial score (nSPS) is 21.2. The summed E-state index contributed by atoms with van der Waals surface area (Å²) < 4.78 is 8.57. The summed E-state index contributed by atoms with van der Waals surface area (Å²) in [5.41, 5.74) is 4.64. The van der Waals surface area contributed by atoms with Gasteiger partial charge in [-0.3, -0.25) is 0 Å². The third kappa shape index (κ3) is 4.26. The molecule has 2 aromatic heterocycles. The van der Waals surface area contributed by atoms with E-state index < -0.39 is 0 Å². The van der Waals surface area contributed by atoms with Gasteiger partial charge in [-0.1, -0.05) is 0 Å². The average molecular weight is 436 g/mol. The molecule has 1 aliphatic heterocycles. The Morgan fingerprint density at radius 1 is 1.06 bits per heavy atom. The molecule has 0 unspecified atom stereocenters. The summed E-state index contributed by atoms with van der Waals surface area (Å²) in [6.45, 7) is 5.65. The molecule has 0 saturated heterocycles. The first-order valence-electron chi connectivity index (χ1n) is 11.0. The fraction of sp³-hybridized carbons (Fsp3) is 0.478. The molecule has 1 aromatic carbocycles. The summed E-state index contributed by atoms with van der Waals surface area (Å²) in [5.74, 6) is 3.04. The second-order valence-electron chi connectivity index (χ2n) is 8.87. The standard InChI is InChI=1S/C23H27BClN5O/c1-14-10-22(27-15(2)26-14)31-19-7-4-16(5-8-19)23-28-24-21-13-29(3)12-17-11-18(25)6-9-20(17)30(21)23/h6,9-11,16,19H,4-5,7-8,12-13H2,1-3H3. The van der Waals surface area contributed by atoms with Crippen molar-refractivity contribution in [1.29, 1.82) is 0 Å². The van der Waals surface area contributed by atoms with Gasteiger partial charge in [-0.25, -0.2) is 0 Å². The molecule has 0 spiro atoms. The zero-order chi connectivity index (χ0) is 21.5. The molecule has 1 aliphatic carbocycles. The molecule has 31 heavy (non-hydrogen) atoms. The van der Waals surface area contributed by atoms with Gasteiger partial charge >= 0.3 is 189 Å². The number of hydrogen-bond acceptors (Lipinski definition) is 5. The number of halogens is 1. The van der Waals surface area contributed by atoms with E-state index in [0.717, 1.165) is 55.3 Å². The average Bonchev–Trinajstić information content (AvgIpc) is 3.05. The molecule has 5 rings (SSSR count). The van der Waals surface area contributed by atoms with Crippen LogP contribution in [0.2, 0.25) is 5.02 Å². The molecule has 1 fully saturated rings. The number of fused-ring (bicyclic) bond motifs is 3. The molecule has 0 amide bonds. The number of hydrogen-bond donors (Lipinski definition) is 0. The fourth-order valence-corrected chi connectivity index (χ4v) is 5.15. The van der Waals surface area contributed by atoms with E-state index in [4.69, 9.17) is 21.2 Å². The number of aryl methyl sites for hydroxylation is 2. The van der Waals surface area contributed by atoms with Crippen molar-refractivity contribution >= 4 is 18.7 Å². The number of nitrogens with zero attached hydrogens (tertiary/aromatic N) is 5. The molecule has 0 atom stereocenters. The van der Waals surface area contributed by atoms with Gasteiger partial charge in [0.05, 0.1) is 0 Å². The maximum atomic E-state index is 6.30. The van der Waals surface area contributed by atoms with Crippen molar-refractivity contribution in [2.75, 3.05) is 7.05 Å². The summed E-state index contributed by atoms with van der Waals surface area (Å²) in [6.07, 6.45) is 4.32. The van der Waals surface area contributed by atoms with Gasteiger partial charge in [0.2, 0.25) is 0 Å². The number of benzene rings is 1. The molecule has 8 heteroatoms. The molecule has 6 nitrogen and oxygen atoms in total. The van der Waals surface area contributed by atoms with Crippen LogP contribution < -0.4 is 4.74 Å². The molecule has 160 valence electrons. The Morgan fingerprint density at radius 3 is 2.65 bits per heavy atom. The third-order valence-electron chi connectivity index (χ3n) is 6.29. The van der Waals surface area contributed by atoms with Gasteiger partial charge in [-0.15, -0.1) is 0 Å². The van der Waals surface area contributed by atoms with Crippen LogP contribution in [0.4, 0.5) is 0 Å². The van der Waals surface area contributed by atoms with Crippen molar-refractivity contribution in [3.63, 3.8) is 0 Å². The maximum absolute atomic E-state index is 6.30. The predicted octanol–water partition coefficient (Wildman–Crippen LogP) is 4.32. The van der Waals surface area contributed by atoms with E-state index in [9.17, 15) is 0 Å². The van der Waals surface area contributed by atoms with Crippen LogP contribution >= 0.6 is 11.6 Å². The molecule has 3 heterocycles. The van der Waals surface area contributed by atoms with Crippen LogP contribution in [0.5, 0.6) is 5.88 Å².